The fraction of sp³-hybridized carbons (Fsp3) is 0.333. The molecule has 0 fully saturated rings. The number of aryl methyl sites for hydroxylation is 1. The maximum atomic E-state index is 12.2. The van der Waals surface area contributed by atoms with Crippen molar-refractivity contribution >= 4 is 17.7 Å². The number of aromatic amines is 1. The van der Waals surface area contributed by atoms with Crippen molar-refractivity contribution in [3.8, 4) is 0 Å². The Morgan fingerprint density at radius 1 is 1.53 bits per heavy atom. The van der Waals surface area contributed by atoms with Crippen LogP contribution in [-0.4, -0.2) is 32.3 Å². The third-order valence-electron chi connectivity index (χ3n) is 2.56. The fourth-order valence-electron chi connectivity index (χ4n) is 1.62. The number of nitrogens with one attached hydrogen (secondary N) is 2. The number of H-pyrrole nitrogens is 1. The van der Waals surface area contributed by atoms with Crippen molar-refractivity contribution < 1.29 is 4.79 Å². The van der Waals surface area contributed by atoms with Gasteiger partial charge in [0.05, 0.1) is 11.6 Å². The molecule has 0 radical (unpaired) electrons. The lowest BCUT2D eigenvalue weighted by Gasteiger charge is -2.11. The lowest BCUT2D eigenvalue weighted by atomic mass is 10.2. The molecule has 0 unspecified atom stereocenters. The van der Waals surface area contributed by atoms with Crippen LogP contribution in [-0.2, 0) is 0 Å². The van der Waals surface area contributed by atoms with Gasteiger partial charge in [-0.05, 0) is 32.2 Å². The fourth-order valence-corrected chi connectivity index (χ4v) is 2.17. The average Bonchev–Trinajstić information content (AvgIpc) is 2.85. The zero-order valence-corrected chi connectivity index (χ0v) is 11.8. The van der Waals surface area contributed by atoms with E-state index in [2.05, 4.69) is 25.5 Å². The topological polar surface area (TPSA) is 83.6 Å². The van der Waals surface area contributed by atoms with Crippen LogP contribution in [0, 0.1) is 6.92 Å². The average molecular weight is 277 g/mol. The number of carbonyl (C=O) groups is 1. The van der Waals surface area contributed by atoms with Crippen molar-refractivity contribution in [3.63, 3.8) is 0 Å². The number of rotatable bonds is 4. The van der Waals surface area contributed by atoms with E-state index >= 15 is 0 Å². The molecule has 6 nitrogen and oxygen atoms in total. The summed E-state index contributed by atoms with van der Waals surface area (Å²) in [7, 11) is 0. The molecule has 0 aliphatic rings. The molecule has 0 saturated heterocycles. The van der Waals surface area contributed by atoms with E-state index in [1.165, 1.54) is 11.8 Å². The minimum absolute atomic E-state index is 0.174. The Hall–Kier alpha value is -1.89. The van der Waals surface area contributed by atoms with Crippen LogP contribution in [0.2, 0.25) is 0 Å². The largest absolute Gasteiger partial charge is 0.342 e. The number of thioether (sulfide) groups is 1. The molecule has 7 heteroatoms. The Kier molecular flexibility index (Phi) is 4.16. The van der Waals surface area contributed by atoms with Crippen LogP contribution in [0.1, 0.15) is 35.0 Å². The van der Waals surface area contributed by atoms with Gasteiger partial charge in [0, 0.05) is 6.20 Å². The summed E-state index contributed by atoms with van der Waals surface area (Å²) in [6, 6.07) is 3.24. The van der Waals surface area contributed by atoms with Crippen LogP contribution >= 0.6 is 11.8 Å². The summed E-state index contributed by atoms with van der Waals surface area (Å²) in [5.74, 6) is 1.12. The molecule has 2 aromatic rings. The second-order valence-corrected chi connectivity index (χ2v) is 4.83. The molecule has 0 saturated carbocycles. The third-order valence-corrected chi connectivity index (χ3v) is 3.27. The molecule has 100 valence electrons. The number of carbonyl (C=O) groups excluding carboxylic acids is 1. The van der Waals surface area contributed by atoms with E-state index in [-0.39, 0.29) is 11.9 Å². The van der Waals surface area contributed by atoms with E-state index < -0.39 is 0 Å². The van der Waals surface area contributed by atoms with E-state index in [1.807, 2.05) is 20.1 Å². The summed E-state index contributed by atoms with van der Waals surface area (Å²) in [6.07, 6.45) is 3.56. The van der Waals surface area contributed by atoms with Crippen LogP contribution in [0.5, 0.6) is 0 Å². The van der Waals surface area contributed by atoms with E-state index in [0.29, 0.717) is 16.4 Å². The summed E-state index contributed by atoms with van der Waals surface area (Å²) in [4.78, 5) is 20.5. The number of hydrogen-bond acceptors (Lipinski definition) is 5. The molecule has 19 heavy (non-hydrogen) atoms. The molecule has 1 amide bonds. The van der Waals surface area contributed by atoms with Crippen LogP contribution in [0.15, 0.2) is 23.4 Å². The van der Waals surface area contributed by atoms with Crippen LogP contribution in [0.4, 0.5) is 0 Å². The first-order chi connectivity index (χ1) is 9.11. The lowest BCUT2D eigenvalue weighted by molar-refractivity contribution is 0.0934. The van der Waals surface area contributed by atoms with E-state index in [0.717, 1.165) is 5.82 Å². The van der Waals surface area contributed by atoms with Gasteiger partial charge in [0.1, 0.15) is 10.9 Å². The molecular weight excluding hydrogens is 262 g/mol. The number of pyridine rings is 1. The maximum Gasteiger partial charge on any atom is 0.254 e. The molecule has 2 aromatic heterocycles. The molecule has 2 rings (SSSR count). The maximum absolute atomic E-state index is 12.2. The van der Waals surface area contributed by atoms with Crippen molar-refractivity contribution in [1.29, 1.82) is 0 Å². The molecule has 0 aliphatic carbocycles. The smallest absolute Gasteiger partial charge is 0.254 e. The van der Waals surface area contributed by atoms with E-state index in [9.17, 15) is 4.79 Å². The predicted molar refractivity (Wildman–Crippen MR) is 73.0 cm³/mol. The van der Waals surface area contributed by atoms with Gasteiger partial charge >= 0.3 is 0 Å². The van der Waals surface area contributed by atoms with Crippen molar-refractivity contribution in [2.24, 2.45) is 0 Å². The normalized spacial score (nSPS) is 12.2. The van der Waals surface area contributed by atoms with Gasteiger partial charge < -0.3 is 5.32 Å². The lowest BCUT2D eigenvalue weighted by Crippen LogP contribution is -2.28. The number of amides is 1. The highest BCUT2D eigenvalue weighted by Gasteiger charge is 2.17. The summed E-state index contributed by atoms with van der Waals surface area (Å²) in [6.45, 7) is 3.66. The van der Waals surface area contributed by atoms with Gasteiger partial charge in [-0.1, -0.05) is 0 Å². The van der Waals surface area contributed by atoms with Gasteiger partial charge in [-0.2, -0.15) is 5.10 Å². The van der Waals surface area contributed by atoms with Crippen molar-refractivity contribution in [2.75, 3.05) is 6.26 Å². The van der Waals surface area contributed by atoms with E-state index in [4.69, 9.17) is 0 Å². The van der Waals surface area contributed by atoms with Crippen molar-refractivity contribution in [3.05, 3.63) is 35.5 Å². The molecule has 2 N–H and O–H groups in total. The number of nitrogens with zero attached hydrogens (tertiary/aromatic N) is 3. The summed E-state index contributed by atoms with van der Waals surface area (Å²) in [5.41, 5.74) is 0.564. The van der Waals surface area contributed by atoms with Gasteiger partial charge in [0.15, 0.2) is 5.82 Å². The minimum Gasteiger partial charge on any atom is -0.342 e. The SMILES string of the molecule is CSc1ncccc1C(=O)N[C@H](C)c1n[nH]c(C)n1. The second-order valence-electron chi connectivity index (χ2n) is 4.03. The Morgan fingerprint density at radius 3 is 2.95 bits per heavy atom. The first kappa shape index (κ1) is 13.5. The first-order valence-corrected chi connectivity index (χ1v) is 7.03. The molecule has 0 aromatic carbocycles. The highest BCUT2D eigenvalue weighted by Crippen LogP contribution is 2.17. The van der Waals surface area contributed by atoms with Crippen LogP contribution in [0.3, 0.4) is 0 Å². The highest BCUT2D eigenvalue weighted by atomic mass is 32.2. The monoisotopic (exact) mass is 277 g/mol. The molecule has 0 aliphatic heterocycles. The number of aromatic nitrogens is 4. The zero-order valence-electron chi connectivity index (χ0n) is 11.0. The standard InChI is InChI=1S/C12H15N5OS/c1-7(10-15-8(2)16-17-10)14-11(18)9-5-4-6-13-12(9)19-3/h4-7H,1-3H3,(H,14,18)(H,15,16,17)/t7-/m1/s1. The quantitative estimate of drug-likeness (QED) is 0.831. The van der Waals surface area contributed by atoms with Gasteiger partial charge in [-0.3, -0.25) is 9.89 Å². The zero-order chi connectivity index (χ0) is 13.8. The van der Waals surface area contributed by atoms with Crippen LogP contribution < -0.4 is 5.32 Å². The summed E-state index contributed by atoms with van der Waals surface area (Å²) in [5, 5.41) is 10.4. The number of hydrogen-bond donors (Lipinski definition) is 2. The molecule has 2 heterocycles. The first-order valence-electron chi connectivity index (χ1n) is 5.80. The van der Waals surface area contributed by atoms with Crippen LogP contribution in [0.25, 0.3) is 0 Å². The molecular formula is C12H15N5OS. The van der Waals surface area contributed by atoms with Gasteiger partial charge in [0.25, 0.3) is 5.91 Å². The Morgan fingerprint density at radius 2 is 2.32 bits per heavy atom. The van der Waals surface area contributed by atoms with Gasteiger partial charge in [-0.15, -0.1) is 11.8 Å². The minimum atomic E-state index is -0.257. The van der Waals surface area contributed by atoms with Gasteiger partial charge in [0.2, 0.25) is 0 Å². The van der Waals surface area contributed by atoms with Crippen molar-refractivity contribution in [2.45, 2.75) is 24.9 Å². The third kappa shape index (κ3) is 3.11. The molecule has 1 atom stereocenters. The highest BCUT2D eigenvalue weighted by molar-refractivity contribution is 7.98. The second kappa shape index (κ2) is 5.83. The summed E-state index contributed by atoms with van der Waals surface area (Å²) >= 11 is 1.44. The van der Waals surface area contributed by atoms with Crippen molar-refractivity contribution in [1.82, 2.24) is 25.5 Å². The van der Waals surface area contributed by atoms with E-state index in [1.54, 1.807) is 18.3 Å². The Labute approximate surface area is 115 Å². The Bertz CT molecular complexity index is 583. The molecule has 0 bridgehead atoms. The Balaban J connectivity index is 2.12. The van der Waals surface area contributed by atoms with Gasteiger partial charge in [-0.25, -0.2) is 9.97 Å². The molecule has 0 spiro atoms. The summed E-state index contributed by atoms with van der Waals surface area (Å²) < 4.78 is 0. The predicted octanol–water partition coefficient (Wildman–Crippen LogP) is 1.72.